The number of rotatable bonds is 11. The predicted molar refractivity (Wildman–Crippen MR) is 140 cm³/mol. The number of fused-ring (bicyclic) bond motifs is 1. The predicted octanol–water partition coefficient (Wildman–Crippen LogP) is 2.59. The Morgan fingerprint density at radius 2 is 1.69 bits per heavy atom. The van der Waals surface area contributed by atoms with E-state index in [2.05, 4.69) is 23.9 Å². The summed E-state index contributed by atoms with van der Waals surface area (Å²) in [4.78, 5) is 37.9. The second-order valence-electron chi connectivity index (χ2n) is 9.01. The molecule has 3 aromatic rings. The van der Waals surface area contributed by atoms with Gasteiger partial charge in [0, 0.05) is 20.6 Å². The van der Waals surface area contributed by atoms with Crippen molar-refractivity contribution < 1.29 is 13.2 Å². The average molecular weight is 515 g/mol. The second kappa shape index (κ2) is 11.7. The van der Waals surface area contributed by atoms with Crippen LogP contribution in [0, 0.1) is 5.92 Å². The minimum atomic E-state index is -4.20. The van der Waals surface area contributed by atoms with Crippen LogP contribution in [0.4, 0.5) is 0 Å². The van der Waals surface area contributed by atoms with Crippen LogP contribution >= 0.6 is 0 Å². The van der Waals surface area contributed by atoms with E-state index in [1.165, 1.54) is 36.9 Å². The fraction of sp³-hybridized carbons (Fsp3) is 0.423. The summed E-state index contributed by atoms with van der Waals surface area (Å²) in [5, 5.41) is 3.01. The van der Waals surface area contributed by atoms with Gasteiger partial charge in [-0.15, -0.1) is 0 Å². The van der Waals surface area contributed by atoms with Gasteiger partial charge in [0.25, 0.3) is 5.56 Å². The van der Waals surface area contributed by atoms with Crippen molar-refractivity contribution in [3.8, 4) is 0 Å². The Hall–Kier alpha value is -3.24. The van der Waals surface area contributed by atoms with Crippen LogP contribution < -0.4 is 21.3 Å². The monoisotopic (exact) mass is 514 g/mol. The Balaban J connectivity index is 1.94. The number of hydrogen-bond donors (Lipinski definition) is 2. The highest BCUT2D eigenvalue weighted by atomic mass is 32.2. The van der Waals surface area contributed by atoms with Crippen molar-refractivity contribution in [3.05, 3.63) is 74.9 Å². The van der Waals surface area contributed by atoms with Crippen LogP contribution in [0.15, 0.2) is 63.0 Å². The maximum Gasteiger partial charge on any atom is 0.330 e. The Morgan fingerprint density at radius 1 is 1.00 bits per heavy atom. The molecule has 0 radical (unpaired) electrons. The Labute approximate surface area is 211 Å². The Bertz CT molecular complexity index is 1440. The molecule has 1 heterocycles. The van der Waals surface area contributed by atoms with Gasteiger partial charge in [-0.1, -0.05) is 63.4 Å². The average Bonchev–Trinajstić information content (AvgIpc) is 2.89. The minimum absolute atomic E-state index is 0.0879. The van der Waals surface area contributed by atoms with Crippen LogP contribution in [0.3, 0.4) is 0 Å². The maximum absolute atomic E-state index is 13.4. The van der Waals surface area contributed by atoms with Crippen LogP contribution in [0.2, 0.25) is 0 Å². The number of amides is 1. The highest BCUT2D eigenvalue weighted by molar-refractivity contribution is 7.89. The number of sulfonamides is 1. The molecular formula is C26H34N4O5S. The largest absolute Gasteiger partial charge is 0.354 e. The number of benzene rings is 2. The highest BCUT2D eigenvalue weighted by Gasteiger charge is 2.28. The zero-order valence-electron chi connectivity index (χ0n) is 21.2. The molecule has 0 aliphatic rings. The van der Waals surface area contributed by atoms with Gasteiger partial charge in [0.2, 0.25) is 15.9 Å². The summed E-state index contributed by atoms with van der Waals surface area (Å²) < 4.78 is 31.5. The summed E-state index contributed by atoms with van der Waals surface area (Å²) in [5.41, 5.74) is -0.289. The van der Waals surface area contributed by atoms with Crippen molar-refractivity contribution in [2.45, 2.75) is 50.5 Å². The van der Waals surface area contributed by atoms with E-state index in [4.69, 9.17) is 0 Å². The van der Waals surface area contributed by atoms with Gasteiger partial charge in [-0.05, 0) is 36.1 Å². The lowest BCUT2D eigenvalue weighted by atomic mass is 9.99. The normalized spacial score (nSPS) is 13.4. The van der Waals surface area contributed by atoms with Crippen LogP contribution in [0.25, 0.3) is 10.9 Å². The third kappa shape index (κ3) is 5.93. The van der Waals surface area contributed by atoms with Crippen LogP contribution in [0.1, 0.15) is 51.1 Å². The first-order chi connectivity index (χ1) is 17.1. The lowest BCUT2D eigenvalue weighted by Crippen LogP contribution is -2.42. The summed E-state index contributed by atoms with van der Waals surface area (Å²) >= 11 is 0. The van der Waals surface area contributed by atoms with Crippen molar-refractivity contribution in [1.82, 2.24) is 19.2 Å². The molecule has 0 aliphatic carbocycles. The molecule has 0 saturated carbocycles. The smallest absolute Gasteiger partial charge is 0.330 e. The number of hydrogen-bond acceptors (Lipinski definition) is 5. The lowest BCUT2D eigenvalue weighted by molar-refractivity contribution is -0.123. The Morgan fingerprint density at radius 3 is 2.33 bits per heavy atom. The Kier molecular flexibility index (Phi) is 8.86. The van der Waals surface area contributed by atoms with Crippen LogP contribution in [-0.2, 0) is 28.9 Å². The van der Waals surface area contributed by atoms with Gasteiger partial charge in [-0.2, -0.15) is 4.72 Å². The van der Waals surface area contributed by atoms with Crippen molar-refractivity contribution in [2.24, 2.45) is 20.0 Å². The topological polar surface area (TPSA) is 119 Å². The van der Waals surface area contributed by atoms with Gasteiger partial charge in [-0.3, -0.25) is 18.7 Å². The van der Waals surface area contributed by atoms with Gasteiger partial charge >= 0.3 is 5.69 Å². The molecule has 3 rings (SSSR count). The van der Waals surface area contributed by atoms with E-state index in [-0.39, 0.29) is 10.3 Å². The molecule has 0 saturated heterocycles. The van der Waals surface area contributed by atoms with Crippen LogP contribution in [-0.4, -0.2) is 30.0 Å². The molecule has 2 aromatic carbocycles. The molecule has 0 bridgehead atoms. The highest BCUT2D eigenvalue weighted by Crippen LogP contribution is 2.21. The molecule has 1 aromatic heterocycles. The van der Waals surface area contributed by atoms with Crippen LogP contribution in [0.5, 0.6) is 0 Å². The standard InChI is InChI=1S/C26H34N4O5S/c1-5-7-11-18(6-2)17-27-24(31)23(19-12-9-8-10-13-19)28-36(34,35)20-14-15-22-21(16-20)25(32)30(4)26(33)29(22)3/h8-10,12-16,18,23,28H,5-7,11,17H2,1-4H3,(H,27,31)/t18-,23-/m0/s1. The summed E-state index contributed by atoms with van der Waals surface area (Å²) in [6, 6.07) is 11.5. The fourth-order valence-corrected chi connectivity index (χ4v) is 5.38. The fourth-order valence-electron chi connectivity index (χ4n) is 4.17. The number of nitrogens with zero attached hydrogens (tertiary/aromatic N) is 2. The van der Waals surface area contributed by atoms with Crippen molar-refractivity contribution in [1.29, 1.82) is 0 Å². The zero-order valence-corrected chi connectivity index (χ0v) is 22.0. The van der Waals surface area contributed by atoms with E-state index < -0.39 is 33.2 Å². The number of aromatic nitrogens is 2. The molecule has 1 amide bonds. The molecule has 2 atom stereocenters. The molecule has 9 nitrogen and oxygen atoms in total. The van der Waals surface area contributed by atoms with E-state index in [1.54, 1.807) is 30.3 Å². The number of carbonyl (C=O) groups excluding carboxylic acids is 1. The SMILES string of the molecule is CCCC[C@H](CC)CNC(=O)[C@@H](NS(=O)(=O)c1ccc2c(c1)c(=O)n(C)c(=O)n2C)c1ccccc1. The second-order valence-corrected chi connectivity index (χ2v) is 10.7. The lowest BCUT2D eigenvalue weighted by Gasteiger charge is -2.21. The molecular weight excluding hydrogens is 480 g/mol. The maximum atomic E-state index is 13.4. The molecule has 0 aliphatic heterocycles. The zero-order chi connectivity index (χ0) is 26.5. The van der Waals surface area contributed by atoms with Gasteiger partial charge in [0.05, 0.1) is 15.8 Å². The molecule has 194 valence electrons. The number of carbonyl (C=O) groups is 1. The third-order valence-corrected chi connectivity index (χ3v) is 7.95. The molecule has 2 N–H and O–H groups in total. The molecule has 36 heavy (non-hydrogen) atoms. The number of unbranched alkanes of at least 4 members (excludes halogenated alkanes) is 1. The third-order valence-electron chi connectivity index (χ3n) is 6.52. The van der Waals surface area contributed by atoms with Crippen molar-refractivity contribution in [3.63, 3.8) is 0 Å². The number of aryl methyl sites for hydroxylation is 1. The minimum Gasteiger partial charge on any atom is -0.354 e. The van der Waals surface area contributed by atoms with Crippen molar-refractivity contribution >= 4 is 26.8 Å². The summed E-state index contributed by atoms with van der Waals surface area (Å²) in [7, 11) is -1.35. The van der Waals surface area contributed by atoms with Gasteiger partial charge < -0.3 is 5.32 Å². The van der Waals surface area contributed by atoms with E-state index in [9.17, 15) is 22.8 Å². The van der Waals surface area contributed by atoms with E-state index in [0.717, 1.165) is 30.3 Å². The van der Waals surface area contributed by atoms with E-state index in [0.29, 0.717) is 23.5 Å². The summed E-state index contributed by atoms with van der Waals surface area (Å²) in [5.74, 6) is -0.135. The molecule has 0 fully saturated rings. The van der Waals surface area contributed by atoms with E-state index >= 15 is 0 Å². The first kappa shape index (κ1) is 27.3. The van der Waals surface area contributed by atoms with Gasteiger partial charge in [0.15, 0.2) is 0 Å². The quantitative estimate of drug-likeness (QED) is 0.408. The number of nitrogens with one attached hydrogen (secondary N) is 2. The first-order valence-corrected chi connectivity index (χ1v) is 13.6. The van der Waals surface area contributed by atoms with Crippen molar-refractivity contribution in [2.75, 3.05) is 6.54 Å². The molecule has 10 heteroatoms. The summed E-state index contributed by atoms with van der Waals surface area (Å²) in [6.45, 7) is 4.65. The first-order valence-electron chi connectivity index (χ1n) is 12.2. The summed E-state index contributed by atoms with van der Waals surface area (Å²) in [6.07, 6.45) is 4.04. The molecule has 0 spiro atoms. The molecule has 0 unspecified atom stereocenters. The van der Waals surface area contributed by atoms with Gasteiger partial charge in [0.1, 0.15) is 6.04 Å². The van der Waals surface area contributed by atoms with Gasteiger partial charge in [-0.25, -0.2) is 13.2 Å². The van der Waals surface area contributed by atoms with E-state index in [1.807, 2.05) is 0 Å².